The van der Waals surface area contributed by atoms with E-state index in [1.165, 1.54) is 0 Å². The molecule has 94 valence electrons. The summed E-state index contributed by atoms with van der Waals surface area (Å²) in [6.07, 6.45) is 1.08. The van der Waals surface area contributed by atoms with Crippen molar-refractivity contribution in [1.29, 1.82) is 0 Å². The molecule has 0 aliphatic carbocycles. The van der Waals surface area contributed by atoms with Crippen LogP contribution in [0.25, 0.3) is 0 Å². The molecule has 2 rings (SSSR count). The fourth-order valence-corrected chi connectivity index (χ4v) is 7.05. The van der Waals surface area contributed by atoms with Crippen LogP contribution in [0.15, 0.2) is 0 Å². The summed E-state index contributed by atoms with van der Waals surface area (Å²) in [5.74, 6) is 0.441. The zero-order valence-corrected chi connectivity index (χ0v) is 10.7. The molecule has 2 fully saturated rings. The van der Waals surface area contributed by atoms with Crippen molar-refractivity contribution in [2.24, 2.45) is 17.1 Å². The number of hydrogen-bond acceptors (Lipinski definition) is 5. The lowest BCUT2D eigenvalue weighted by Crippen LogP contribution is -2.39. The number of hydrogen-bond donors (Lipinski definition) is 1. The third kappa shape index (κ3) is 2.12. The predicted molar refractivity (Wildman–Crippen MR) is 61.5 cm³/mol. The van der Waals surface area contributed by atoms with Gasteiger partial charge < -0.3 is 5.73 Å². The smallest absolute Gasteiger partial charge is 0.150 e. The Hall–Kier alpha value is -0.140. The Morgan fingerprint density at radius 1 is 1.12 bits per heavy atom. The molecule has 2 aliphatic heterocycles. The minimum atomic E-state index is -3.02. The number of rotatable bonds is 2. The van der Waals surface area contributed by atoms with Gasteiger partial charge in [0.15, 0.2) is 19.7 Å². The van der Waals surface area contributed by atoms with Crippen molar-refractivity contribution in [2.75, 3.05) is 29.6 Å². The van der Waals surface area contributed by atoms with Gasteiger partial charge in [0.05, 0.1) is 23.0 Å². The van der Waals surface area contributed by atoms with Gasteiger partial charge in [-0.05, 0) is 25.3 Å². The fourth-order valence-electron chi connectivity index (χ4n) is 2.87. The lowest BCUT2D eigenvalue weighted by molar-refractivity contribution is 0.225. The van der Waals surface area contributed by atoms with E-state index in [0.29, 0.717) is 12.8 Å². The second-order valence-electron chi connectivity index (χ2n) is 5.01. The van der Waals surface area contributed by atoms with E-state index in [0.717, 1.165) is 0 Å². The third-order valence-corrected chi connectivity index (χ3v) is 7.53. The molecule has 2 atom stereocenters. The Morgan fingerprint density at radius 2 is 1.81 bits per heavy atom. The van der Waals surface area contributed by atoms with E-state index in [1.54, 1.807) is 0 Å². The predicted octanol–water partition coefficient (Wildman–Crippen LogP) is -0.815. The lowest BCUT2D eigenvalue weighted by atomic mass is 9.75. The third-order valence-electron chi connectivity index (χ3n) is 3.92. The minimum absolute atomic E-state index is 0.0662. The van der Waals surface area contributed by atoms with Crippen molar-refractivity contribution < 1.29 is 16.8 Å². The second kappa shape index (κ2) is 3.68. The van der Waals surface area contributed by atoms with Crippen LogP contribution in [0, 0.1) is 11.3 Å². The van der Waals surface area contributed by atoms with E-state index in [4.69, 9.17) is 5.73 Å². The SMILES string of the molecule is NCC1(C2CCS(=O)(=O)C2)CCS(=O)(=O)C1. The van der Waals surface area contributed by atoms with Gasteiger partial charge in [0.2, 0.25) is 0 Å². The molecule has 0 bridgehead atoms. The van der Waals surface area contributed by atoms with Crippen LogP contribution >= 0.6 is 0 Å². The van der Waals surface area contributed by atoms with Crippen LogP contribution in [0.1, 0.15) is 12.8 Å². The highest BCUT2D eigenvalue weighted by Crippen LogP contribution is 2.43. The van der Waals surface area contributed by atoms with Crippen LogP contribution in [-0.2, 0) is 19.7 Å². The zero-order chi connectivity index (χ0) is 12.0. The maximum atomic E-state index is 11.5. The van der Waals surface area contributed by atoms with E-state index in [-0.39, 0.29) is 35.5 Å². The number of nitrogens with two attached hydrogens (primary N) is 1. The Kier molecular flexibility index (Phi) is 2.83. The van der Waals surface area contributed by atoms with Gasteiger partial charge in [-0.3, -0.25) is 0 Å². The van der Waals surface area contributed by atoms with Crippen molar-refractivity contribution in [3.63, 3.8) is 0 Å². The van der Waals surface area contributed by atoms with Crippen LogP contribution in [0.5, 0.6) is 0 Å². The monoisotopic (exact) mass is 267 g/mol. The maximum Gasteiger partial charge on any atom is 0.150 e. The molecule has 2 heterocycles. The first kappa shape index (κ1) is 12.3. The van der Waals surface area contributed by atoms with Gasteiger partial charge >= 0.3 is 0 Å². The molecule has 7 heteroatoms. The highest BCUT2D eigenvalue weighted by atomic mass is 32.2. The fraction of sp³-hybridized carbons (Fsp3) is 1.00. The first-order valence-corrected chi connectivity index (χ1v) is 9.04. The normalized spacial score (nSPS) is 41.2. The molecule has 0 spiro atoms. The Morgan fingerprint density at radius 3 is 2.19 bits per heavy atom. The summed E-state index contributed by atoms with van der Waals surface area (Å²) in [6, 6.07) is 0. The molecule has 0 aromatic rings. The average molecular weight is 267 g/mol. The Balaban J connectivity index is 2.25. The Labute approximate surface area is 96.2 Å². The summed E-state index contributed by atoms with van der Waals surface area (Å²) in [7, 11) is -5.98. The molecule has 2 saturated heterocycles. The largest absolute Gasteiger partial charge is 0.330 e. The quantitative estimate of drug-likeness (QED) is 0.706. The van der Waals surface area contributed by atoms with Crippen molar-refractivity contribution >= 4 is 19.7 Å². The molecule has 0 amide bonds. The first-order valence-electron chi connectivity index (χ1n) is 5.40. The van der Waals surface area contributed by atoms with Crippen LogP contribution < -0.4 is 5.73 Å². The molecule has 0 saturated carbocycles. The highest BCUT2D eigenvalue weighted by Gasteiger charge is 2.49. The summed E-state index contributed by atoms with van der Waals surface area (Å²) < 4.78 is 45.9. The van der Waals surface area contributed by atoms with Crippen LogP contribution in [0.2, 0.25) is 0 Å². The van der Waals surface area contributed by atoms with Gasteiger partial charge in [-0.1, -0.05) is 0 Å². The van der Waals surface area contributed by atoms with Crippen molar-refractivity contribution in [1.82, 2.24) is 0 Å². The van der Waals surface area contributed by atoms with E-state index in [9.17, 15) is 16.8 Å². The standard InChI is InChI=1S/C9H17NO4S2/c10-6-9(2-4-16(13,14)7-9)8-1-3-15(11,12)5-8/h8H,1-7,10H2. The summed E-state index contributed by atoms with van der Waals surface area (Å²) in [5, 5.41) is 0. The van der Waals surface area contributed by atoms with Crippen LogP contribution in [0.4, 0.5) is 0 Å². The molecule has 16 heavy (non-hydrogen) atoms. The number of sulfone groups is 2. The van der Waals surface area contributed by atoms with E-state index >= 15 is 0 Å². The highest BCUT2D eigenvalue weighted by molar-refractivity contribution is 7.92. The molecule has 2 aliphatic rings. The van der Waals surface area contributed by atoms with Gasteiger partial charge in [-0.2, -0.15) is 0 Å². The molecule has 0 aromatic heterocycles. The summed E-state index contributed by atoms with van der Waals surface area (Å²) in [5.41, 5.74) is 5.22. The molecule has 2 unspecified atom stereocenters. The maximum absolute atomic E-state index is 11.5. The van der Waals surface area contributed by atoms with Crippen LogP contribution in [0.3, 0.4) is 0 Å². The lowest BCUT2D eigenvalue weighted by Gasteiger charge is -2.31. The van der Waals surface area contributed by atoms with Crippen molar-refractivity contribution in [3.05, 3.63) is 0 Å². The van der Waals surface area contributed by atoms with Gasteiger partial charge in [-0.25, -0.2) is 16.8 Å². The molecular formula is C9H17NO4S2. The summed E-state index contributed by atoms with van der Waals surface area (Å²) >= 11 is 0. The summed E-state index contributed by atoms with van der Waals surface area (Å²) in [4.78, 5) is 0. The minimum Gasteiger partial charge on any atom is -0.330 e. The molecule has 5 nitrogen and oxygen atoms in total. The first-order chi connectivity index (χ1) is 7.29. The Bertz CT molecular complexity index is 482. The van der Waals surface area contributed by atoms with E-state index in [1.807, 2.05) is 0 Å². The van der Waals surface area contributed by atoms with Gasteiger partial charge in [0.1, 0.15) is 0 Å². The van der Waals surface area contributed by atoms with Crippen molar-refractivity contribution in [3.8, 4) is 0 Å². The molecule has 2 N–H and O–H groups in total. The second-order valence-corrected chi connectivity index (χ2v) is 9.42. The van der Waals surface area contributed by atoms with E-state index < -0.39 is 25.1 Å². The zero-order valence-electron chi connectivity index (χ0n) is 9.05. The van der Waals surface area contributed by atoms with Gasteiger partial charge in [-0.15, -0.1) is 0 Å². The topological polar surface area (TPSA) is 94.3 Å². The van der Waals surface area contributed by atoms with E-state index in [2.05, 4.69) is 0 Å². The van der Waals surface area contributed by atoms with Gasteiger partial charge in [0, 0.05) is 5.41 Å². The van der Waals surface area contributed by atoms with Crippen LogP contribution in [-0.4, -0.2) is 46.4 Å². The molecule has 0 aromatic carbocycles. The van der Waals surface area contributed by atoms with Crippen molar-refractivity contribution in [2.45, 2.75) is 12.8 Å². The summed E-state index contributed by atoms with van der Waals surface area (Å²) in [6.45, 7) is 0.270. The average Bonchev–Trinajstić information content (AvgIpc) is 2.67. The molecular weight excluding hydrogens is 250 g/mol. The molecule has 0 radical (unpaired) electrons. The van der Waals surface area contributed by atoms with Gasteiger partial charge in [0.25, 0.3) is 0 Å².